The predicted molar refractivity (Wildman–Crippen MR) is 79.6 cm³/mol. The van der Waals surface area contributed by atoms with E-state index in [1.54, 1.807) is 0 Å². The van der Waals surface area contributed by atoms with Crippen LogP contribution in [-0.2, 0) is 6.54 Å². The van der Waals surface area contributed by atoms with Crippen LogP contribution in [0.15, 0.2) is 16.6 Å². The average molecular weight is 332 g/mol. The van der Waals surface area contributed by atoms with Gasteiger partial charge in [0, 0.05) is 22.8 Å². The molecule has 1 aromatic carbocycles. The van der Waals surface area contributed by atoms with Crippen molar-refractivity contribution < 1.29 is 9.47 Å². The second-order valence-corrected chi connectivity index (χ2v) is 6.00. The lowest BCUT2D eigenvalue weighted by molar-refractivity contribution is 0.174. The number of hydrogen-bond acceptors (Lipinski definition) is 4. The molecule has 2 rings (SSSR count). The number of halogens is 1. The number of hydrogen-bond donors (Lipinski definition) is 1. The zero-order chi connectivity index (χ0) is 13.0. The van der Waals surface area contributed by atoms with E-state index in [0.717, 1.165) is 34.7 Å². The molecule has 0 aliphatic carbocycles. The van der Waals surface area contributed by atoms with E-state index in [1.165, 1.54) is 5.56 Å². The minimum absolute atomic E-state index is 0.322. The molecular weight excluding hydrogens is 314 g/mol. The molecule has 1 atom stereocenters. The van der Waals surface area contributed by atoms with E-state index in [4.69, 9.17) is 9.47 Å². The summed E-state index contributed by atoms with van der Waals surface area (Å²) in [6.45, 7) is 3.38. The van der Waals surface area contributed by atoms with Gasteiger partial charge in [0.05, 0.1) is 0 Å². The Morgan fingerprint density at radius 2 is 2.11 bits per heavy atom. The van der Waals surface area contributed by atoms with E-state index in [1.807, 2.05) is 23.9 Å². The molecule has 0 radical (unpaired) electrons. The molecule has 1 unspecified atom stereocenters. The molecule has 1 aliphatic rings. The van der Waals surface area contributed by atoms with E-state index in [0.29, 0.717) is 12.8 Å². The van der Waals surface area contributed by atoms with Gasteiger partial charge in [-0.1, -0.05) is 22.9 Å². The van der Waals surface area contributed by atoms with Crippen molar-refractivity contribution in [2.24, 2.45) is 0 Å². The summed E-state index contributed by atoms with van der Waals surface area (Å²) in [5, 5.41) is 3.57. The zero-order valence-electron chi connectivity index (χ0n) is 10.7. The third-order valence-corrected chi connectivity index (χ3v) is 4.46. The van der Waals surface area contributed by atoms with Crippen molar-refractivity contribution in [3.05, 3.63) is 22.2 Å². The number of benzene rings is 1. The van der Waals surface area contributed by atoms with Crippen LogP contribution in [0.5, 0.6) is 11.5 Å². The van der Waals surface area contributed by atoms with Crippen LogP contribution >= 0.6 is 27.7 Å². The minimum atomic E-state index is 0.322. The summed E-state index contributed by atoms with van der Waals surface area (Å²) < 4.78 is 11.8. The van der Waals surface area contributed by atoms with Gasteiger partial charge in [0.1, 0.15) is 0 Å². The monoisotopic (exact) mass is 331 g/mol. The van der Waals surface area contributed by atoms with Crippen LogP contribution in [0.25, 0.3) is 0 Å². The topological polar surface area (TPSA) is 30.5 Å². The minimum Gasteiger partial charge on any atom is -0.454 e. The van der Waals surface area contributed by atoms with Gasteiger partial charge in [0.2, 0.25) is 6.79 Å². The SMILES string of the molecule is CCC(CSC)NCc1cc2c(cc1Br)OCO2. The third-order valence-electron chi connectivity index (χ3n) is 2.98. The molecule has 0 amide bonds. The van der Waals surface area contributed by atoms with Gasteiger partial charge in [0.15, 0.2) is 11.5 Å². The van der Waals surface area contributed by atoms with E-state index in [9.17, 15) is 0 Å². The van der Waals surface area contributed by atoms with Gasteiger partial charge in [-0.05, 0) is 30.4 Å². The van der Waals surface area contributed by atoms with Crippen LogP contribution in [0.4, 0.5) is 0 Å². The molecular formula is C13H18BrNO2S. The molecule has 18 heavy (non-hydrogen) atoms. The first-order valence-electron chi connectivity index (χ1n) is 6.05. The number of thioether (sulfide) groups is 1. The van der Waals surface area contributed by atoms with Crippen molar-refractivity contribution in [2.45, 2.75) is 25.9 Å². The highest BCUT2D eigenvalue weighted by Crippen LogP contribution is 2.36. The molecule has 100 valence electrons. The van der Waals surface area contributed by atoms with E-state index in [-0.39, 0.29) is 0 Å². The number of rotatable bonds is 6. The predicted octanol–water partition coefficient (Wildman–Crippen LogP) is 3.41. The molecule has 1 aromatic rings. The fourth-order valence-electron chi connectivity index (χ4n) is 1.87. The number of ether oxygens (including phenoxy) is 2. The molecule has 0 saturated carbocycles. The summed E-state index contributed by atoms with van der Waals surface area (Å²) in [5.74, 6) is 2.80. The Morgan fingerprint density at radius 3 is 2.78 bits per heavy atom. The van der Waals surface area contributed by atoms with E-state index >= 15 is 0 Å². The maximum atomic E-state index is 5.40. The molecule has 5 heteroatoms. The van der Waals surface area contributed by atoms with Crippen molar-refractivity contribution in [2.75, 3.05) is 18.8 Å². The Morgan fingerprint density at radius 1 is 1.39 bits per heavy atom. The van der Waals surface area contributed by atoms with Crippen molar-refractivity contribution in [3.63, 3.8) is 0 Å². The van der Waals surface area contributed by atoms with Crippen LogP contribution in [0.3, 0.4) is 0 Å². The lowest BCUT2D eigenvalue weighted by atomic mass is 10.2. The van der Waals surface area contributed by atoms with Crippen molar-refractivity contribution in [1.82, 2.24) is 5.32 Å². The first-order chi connectivity index (χ1) is 8.74. The molecule has 0 fully saturated rings. The Balaban J connectivity index is 2.01. The lowest BCUT2D eigenvalue weighted by Gasteiger charge is -2.16. The highest BCUT2D eigenvalue weighted by atomic mass is 79.9. The van der Waals surface area contributed by atoms with Gasteiger partial charge >= 0.3 is 0 Å². The summed E-state index contributed by atoms with van der Waals surface area (Å²) in [6.07, 6.45) is 3.28. The Hall–Kier alpha value is -0.390. The lowest BCUT2D eigenvalue weighted by Crippen LogP contribution is -2.30. The van der Waals surface area contributed by atoms with Crippen LogP contribution in [-0.4, -0.2) is 24.8 Å². The van der Waals surface area contributed by atoms with Crippen LogP contribution in [0.1, 0.15) is 18.9 Å². The second-order valence-electron chi connectivity index (χ2n) is 4.24. The fraction of sp³-hybridized carbons (Fsp3) is 0.538. The number of nitrogens with one attached hydrogen (secondary N) is 1. The largest absolute Gasteiger partial charge is 0.454 e. The molecule has 1 heterocycles. The summed E-state index contributed by atoms with van der Waals surface area (Å²) in [4.78, 5) is 0. The smallest absolute Gasteiger partial charge is 0.231 e. The quantitative estimate of drug-likeness (QED) is 0.865. The van der Waals surface area contributed by atoms with E-state index in [2.05, 4.69) is 34.4 Å². The molecule has 1 N–H and O–H groups in total. The molecule has 0 aromatic heterocycles. The maximum absolute atomic E-state index is 5.40. The first-order valence-corrected chi connectivity index (χ1v) is 8.23. The molecule has 3 nitrogen and oxygen atoms in total. The second kappa shape index (κ2) is 6.68. The van der Waals surface area contributed by atoms with Crippen molar-refractivity contribution in [3.8, 4) is 11.5 Å². The number of fused-ring (bicyclic) bond motifs is 1. The van der Waals surface area contributed by atoms with Crippen LogP contribution in [0, 0.1) is 0 Å². The van der Waals surface area contributed by atoms with Gasteiger partial charge in [-0.2, -0.15) is 11.8 Å². The van der Waals surface area contributed by atoms with Gasteiger partial charge in [0.25, 0.3) is 0 Å². The van der Waals surface area contributed by atoms with Gasteiger partial charge < -0.3 is 14.8 Å². The highest BCUT2D eigenvalue weighted by Gasteiger charge is 2.16. The van der Waals surface area contributed by atoms with Crippen LogP contribution in [0.2, 0.25) is 0 Å². The summed E-state index contributed by atoms with van der Waals surface area (Å²) in [5.41, 5.74) is 1.21. The fourth-order valence-corrected chi connectivity index (χ4v) is 3.09. The Labute approximate surface area is 121 Å². The zero-order valence-corrected chi connectivity index (χ0v) is 13.1. The Kier molecular flexibility index (Phi) is 5.21. The standard InChI is InChI=1S/C13H18BrNO2S/c1-3-10(7-18-2)15-6-9-4-12-13(5-11(9)14)17-8-16-12/h4-5,10,15H,3,6-8H2,1-2H3. The Bertz CT molecular complexity index is 414. The maximum Gasteiger partial charge on any atom is 0.231 e. The molecule has 0 spiro atoms. The van der Waals surface area contributed by atoms with Gasteiger partial charge in [-0.25, -0.2) is 0 Å². The highest BCUT2D eigenvalue weighted by molar-refractivity contribution is 9.10. The third kappa shape index (κ3) is 3.33. The average Bonchev–Trinajstić information content (AvgIpc) is 2.81. The van der Waals surface area contributed by atoms with Crippen LogP contribution < -0.4 is 14.8 Å². The normalized spacial score (nSPS) is 14.8. The summed E-state index contributed by atoms with van der Waals surface area (Å²) in [6, 6.07) is 4.58. The molecule has 0 bridgehead atoms. The van der Waals surface area contributed by atoms with Crippen molar-refractivity contribution in [1.29, 1.82) is 0 Å². The summed E-state index contributed by atoms with van der Waals surface area (Å²) in [7, 11) is 0. The summed E-state index contributed by atoms with van der Waals surface area (Å²) >= 11 is 5.45. The van der Waals surface area contributed by atoms with Crippen molar-refractivity contribution >= 4 is 27.7 Å². The van der Waals surface area contributed by atoms with Gasteiger partial charge in [-0.3, -0.25) is 0 Å². The van der Waals surface area contributed by atoms with Gasteiger partial charge in [-0.15, -0.1) is 0 Å². The van der Waals surface area contributed by atoms with E-state index < -0.39 is 0 Å². The molecule has 1 aliphatic heterocycles. The molecule has 0 saturated heterocycles. The first kappa shape index (κ1) is 14.0.